The van der Waals surface area contributed by atoms with E-state index in [4.69, 9.17) is 23.1 Å². The Kier molecular flexibility index (Phi) is 4.15. The molecule has 2 aromatic rings. The van der Waals surface area contributed by atoms with Gasteiger partial charge in [-0.25, -0.2) is 0 Å². The van der Waals surface area contributed by atoms with Crippen LogP contribution in [-0.4, -0.2) is 5.91 Å². The quantitative estimate of drug-likeness (QED) is 0.756. The molecule has 0 heterocycles. The van der Waals surface area contributed by atoms with Crippen LogP contribution in [0.4, 0.5) is 11.4 Å². The average molecular weight is 290 g/mol. The fourth-order valence-electron chi connectivity index (χ4n) is 2.04. The monoisotopic (exact) mass is 289 g/mol. The Morgan fingerprint density at radius 1 is 1.25 bits per heavy atom. The number of rotatable bonds is 4. The second-order valence-corrected chi connectivity index (χ2v) is 4.96. The molecule has 0 fully saturated rings. The van der Waals surface area contributed by atoms with Crippen LogP contribution in [-0.2, 0) is 0 Å². The van der Waals surface area contributed by atoms with Crippen molar-refractivity contribution in [2.24, 2.45) is 5.73 Å². The average Bonchev–Trinajstić information content (AvgIpc) is 2.38. The summed E-state index contributed by atoms with van der Waals surface area (Å²) in [6.45, 7) is 2.00. The summed E-state index contributed by atoms with van der Waals surface area (Å²) in [5.41, 5.74) is 14.0. The SMILES string of the molecule is CC(Nc1ccc(C(N)=O)c(Cl)c1)c1ccccc1N. The van der Waals surface area contributed by atoms with E-state index in [9.17, 15) is 4.79 Å². The number of hydrogen-bond donors (Lipinski definition) is 3. The zero-order chi connectivity index (χ0) is 14.7. The zero-order valence-electron chi connectivity index (χ0n) is 11.1. The van der Waals surface area contributed by atoms with Crippen molar-refractivity contribution >= 4 is 28.9 Å². The Balaban J connectivity index is 2.20. The van der Waals surface area contributed by atoms with Gasteiger partial charge in [0.05, 0.1) is 16.6 Å². The van der Waals surface area contributed by atoms with Gasteiger partial charge in [0.15, 0.2) is 0 Å². The number of carbonyl (C=O) groups is 1. The number of carbonyl (C=O) groups excluding carboxylic acids is 1. The van der Waals surface area contributed by atoms with Gasteiger partial charge < -0.3 is 16.8 Å². The summed E-state index contributed by atoms with van der Waals surface area (Å²) in [7, 11) is 0. The van der Waals surface area contributed by atoms with Crippen molar-refractivity contribution in [3.8, 4) is 0 Å². The minimum Gasteiger partial charge on any atom is -0.398 e. The molecule has 0 aliphatic carbocycles. The number of primary amides is 1. The minimum absolute atomic E-state index is 0.0201. The van der Waals surface area contributed by atoms with Crippen molar-refractivity contribution in [1.82, 2.24) is 0 Å². The second-order valence-electron chi connectivity index (χ2n) is 4.55. The highest BCUT2D eigenvalue weighted by molar-refractivity contribution is 6.34. The van der Waals surface area contributed by atoms with Crippen molar-refractivity contribution in [1.29, 1.82) is 0 Å². The van der Waals surface area contributed by atoms with Gasteiger partial charge in [0.1, 0.15) is 0 Å². The van der Waals surface area contributed by atoms with Crippen LogP contribution in [0.1, 0.15) is 28.9 Å². The van der Waals surface area contributed by atoms with Crippen molar-refractivity contribution in [2.45, 2.75) is 13.0 Å². The fourth-order valence-corrected chi connectivity index (χ4v) is 2.31. The Morgan fingerprint density at radius 3 is 2.55 bits per heavy atom. The van der Waals surface area contributed by atoms with Crippen LogP contribution in [0.5, 0.6) is 0 Å². The van der Waals surface area contributed by atoms with E-state index in [1.54, 1.807) is 18.2 Å². The first-order valence-electron chi connectivity index (χ1n) is 6.19. The van der Waals surface area contributed by atoms with Crippen LogP contribution >= 0.6 is 11.6 Å². The number of nitrogens with two attached hydrogens (primary N) is 2. The lowest BCUT2D eigenvalue weighted by Crippen LogP contribution is -2.12. The van der Waals surface area contributed by atoms with E-state index in [2.05, 4.69) is 5.32 Å². The molecule has 1 unspecified atom stereocenters. The highest BCUT2D eigenvalue weighted by atomic mass is 35.5. The number of amides is 1. The highest BCUT2D eigenvalue weighted by Crippen LogP contribution is 2.26. The lowest BCUT2D eigenvalue weighted by molar-refractivity contribution is 0.100. The normalized spacial score (nSPS) is 11.9. The van der Waals surface area contributed by atoms with Crippen LogP contribution < -0.4 is 16.8 Å². The lowest BCUT2D eigenvalue weighted by Gasteiger charge is -2.18. The molecular weight excluding hydrogens is 274 g/mol. The smallest absolute Gasteiger partial charge is 0.250 e. The van der Waals surface area contributed by atoms with Crippen LogP contribution in [0.3, 0.4) is 0 Å². The van der Waals surface area contributed by atoms with E-state index in [-0.39, 0.29) is 6.04 Å². The van der Waals surface area contributed by atoms with Gasteiger partial charge in [-0.05, 0) is 36.8 Å². The molecule has 2 aromatic carbocycles. The van der Waals surface area contributed by atoms with Gasteiger partial charge in [0.25, 0.3) is 0 Å². The topological polar surface area (TPSA) is 81.1 Å². The van der Waals surface area contributed by atoms with Gasteiger partial charge in [-0.2, -0.15) is 0 Å². The Morgan fingerprint density at radius 2 is 1.95 bits per heavy atom. The maximum absolute atomic E-state index is 11.1. The molecule has 0 radical (unpaired) electrons. The van der Waals surface area contributed by atoms with E-state index in [0.29, 0.717) is 10.6 Å². The number of para-hydroxylation sites is 1. The molecule has 0 spiro atoms. The summed E-state index contributed by atoms with van der Waals surface area (Å²) in [5.74, 6) is -0.540. The third-order valence-electron chi connectivity index (χ3n) is 3.08. The van der Waals surface area contributed by atoms with Crippen molar-refractivity contribution in [3.63, 3.8) is 0 Å². The Bertz CT molecular complexity index is 643. The third kappa shape index (κ3) is 3.03. The van der Waals surface area contributed by atoms with Gasteiger partial charge in [-0.1, -0.05) is 29.8 Å². The van der Waals surface area contributed by atoms with Gasteiger partial charge in [0, 0.05) is 11.4 Å². The second kappa shape index (κ2) is 5.84. The van der Waals surface area contributed by atoms with Gasteiger partial charge in [-0.15, -0.1) is 0 Å². The maximum atomic E-state index is 11.1. The Labute approximate surface area is 122 Å². The maximum Gasteiger partial charge on any atom is 0.250 e. The molecule has 0 aromatic heterocycles. The summed E-state index contributed by atoms with van der Waals surface area (Å²) in [6, 6.07) is 12.7. The molecule has 1 amide bonds. The molecular formula is C15H16ClN3O. The minimum atomic E-state index is -0.540. The molecule has 0 saturated carbocycles. The van der Waals surface area contributed by atoms with Crippen molar-refractivity contribution in [3.05, 3.63) is 58.6 Å². The highest BCUT2D eigenvalue weighted by Gasteiger charge is 2.11. The molecule has 104 valence electrons. The van der Waals surface area contributed by atoms with E-state index in [1.807, 2.05) is 31.2 Å². The summed E-state index contributed by atoms with van der Waals surface area (Å²) in [6.07, 6.45) is 0. The lowest BCUT2D eigenvalue weighted by atomic mass is 10.1. The van der Waals surface area contributed by atoms with Crippen LogP contribution in [0.25, 0.3) is 0 Å². The molecule has 2 rings (SSSR count). The molecule has 0 saturated heterocycles. The molecule has 4 nitrogen and oxygen atoms in total. The first kappa shape index (κ1) is 14.2. The first-order valence-corrected chi connectivity index (χ1v) is 6.57. The van der Waals surface area contributed by atoms with Gasteiger partial charge in [-0.3, -0.25) is 4.79 Å². The first-order chi connectivity index (χ1) is 9.49. The standard InChI is InChI=1S/C15H16ClN3O/c1-9(11-4-2-3-5-14(11)17)19-10-6-7-12(15(18)20)13(16)8-10/h2-9,19H,17H2,1H3,(H2,18,20). The predicted molar refractivity (Wildman–Crippen MR) is 82.9 cm³/mol. The number of anilines is 2. The zero-order valence-corrected chi connectivity index (χ0v) is 11.8. The largest absolute Gasteiger partial charge is 0.398 e. The number of nitrogen functional groups attached to an aromatic ring is 1. The summed E-state index contributed by atoms with van der Waals surface area (Å²) < 4.78 is 0. The molecule has 5 N–H and O–H groups in total. The molecule has 0 aliphatic rings. The third-order valence-corrected chi connectivity index (χ3v) is 3.39. The summed E-state index contributed by atoms with van der Waals surface area (Å²) >= 11 is 6.02. The van der Waals surface area contributed by atoms with Gasteiger partial charge >= 0.3 is 0 Å². The molecule has 0 bridgehead atoms. The summed E-state index contributed by atoms with van der Waals surface area (Å²) in [4.78, 5) is 11.1. The molecule has 5 heteroatoms. The Hall–Kier alpha value is -2.20. The fraction of sp³-hybridized carbons (Fsp3) is 0.133. The number of halogens is 1. The van der Waals surface area contributed by atoms with E-state index < -0.39 is 5.91 Å². The number of nitrogens with one attached hydrogen (secondary N) is 1. The molecule has 20 heavy (non-hydrogen) atoms. The van der Waals surface area contributed by atoms with Crippen LogP contribution in [0.15, 0.2) is 42.5 Å². The van der Waals surface area contributed by atoms with E-state index in [0.717, 1.165) is 16.9 Å². The van der Waals surface area contributed by atoms with Gasteiger partial charge in [0.2, 0.25) is 5.91 Å². The van der Waals surface area contributed by atoms with Crippen molar-refractivity contribution in [2.75, 3.05) is 11.1 Å². The van der Waals surface area contributed by atoms with Crippen LogP contribution in [0, 0.1) is 0 Å². The number of benzene rings is 2. The van der Waals surface area contributed by atoms with Crippen molar-refractivity contribution < 1.29 is 4.79 Å². The summed E-state index contributed by atoms with van der Waals surface area (Å²) in [5, 5.41) is 3.62. The predicted octanol–water partition coefficient (Wildman–Crippen LogP) is 3.19. The van der Waals surface area contributed by atoms with E-state index >= 15 is 0 Å². The van der Waals surface area contributed by atoms with Crippen LogP contribution in [0.2, 0.25) is 5.02 Å². The molecule has 1 atom stereocenters. The number of hydrogen-bond acceptors (Lipinski definition) is 3. The molecule has 0 aliphatic heterocycles. The van der Waals surface area contributed by atoms with E-state index in [1.165, 1.54) is 0 Å².